The molecule has 6 rings (SSSR count). The summed E-state index contributed by atoms with van der Waals surface area (Å²) >= 11 is 12.6. The maximum atomic E-state index is 13.9. The largest absolute Gasteiger partial charge is 0.324 e. The normalized spacial score (nSPS) is 29.6. The molecule has 11 heteroatoms. The molecule has 0 unspecified atom stereocenters. The first kappa shape index (κ1) is 21.5. The predicted molar refractivity (Wildman–Crippen MR) is 124 cm³/mol. The second-order valence-electron chi connectivity index (χ2n) is 9.13. The van der Waals surface area contributed by atoms with Gasteiger partial charge in [0.1, 0.15) is 5.54 Å². The molecule has 3 fully saturated rings. The molecule has 0 radical (unpaired) electrons. The first-order chi connectivity index (χ1) is 16.2. The molecule has 3 amide bonds. The summed E-state index contributed by atoms with van der Waals surface area (Å²) in [4.78, 5) is 54.9. The zero-order valence-electron chi connectivity index (χ0n) is 17.9. The van der Waals surface area contributed by atoms with Crippen LogP contribution in [0.3, 0.4) is 0 Å². The van der Waals surface area contributed by atoms with E-state index in [0.717, 1.165) is 17.4 Å². The SMILES string of the molecule is Cc1c(Cl)ccc2c1NC(=O)[C@@]21[C@H]2C(=O)N(c3ccc([N+](=O)[O-])cc3Cl)C(=O)[C@@H]2[C@H]2CCCN21. The van der Waals surface area contributed by atoms with Crippen LogP contribution < -0.4 is 10.2 Å². The molecule has 4 aliphatic rings. The van der Waals surface area contributed by atoms with E-state index in [-0.39, 0.29) is 28.3 Å². The number of rotatable bonds is 2. The molecule has 2 aromatic rings. The summed E-state index contributed by atoms with van der Waals surface area (Å²) in [5.74, 6) is -2.99. The quantitative estimate of drug-likeness (QED) is 0.382. The molecule has 4 atom stereocenters. The fourth-order valence-electron chi connectivity index (χ4n) is 6.42. The molecule has 2 aromatic carbocycles. The third-order valence-electron chi connectivity index (χ3n) is 7.75. The Balaban J connectivity index is 1.54. The van der Waals surface area contributed by atoms with Crippen molar-refractivity contribution in [3.63, 3.8) is 0 Å². The predicted octanol–water partition coefficient (Wildman–Crippen LogP) is 3.64. The van der Waals surface area contributed by atoms with Crippen LogP contribution in [0.4, 0.5) is 17.1 Å². The van der Waals surface area contributed by atoms with Crippen molar-refractivity contribution in [2.45, 2.75) is 31.3 Å². The minimum atomic E-state index is -1.33. The van der Waals surface area contributed by atoms with Crippen molar-refractivity contribution in [1.29, 1.82) is 0 Å². The fraction of sp³-hybridized carbons (Fsp3) is 0.348. The Bertz CT molecular complexity index is 1350. The number of carbonyl (C=O) groups is 3. The van der Waals surface area contributed by atoms with Crippen LogP contribution >= 0.6 is 23.2 Å². The van der Waals surface area contributed by atoms with Gasteiger partial charge in [0.2, 0.25) is 17.7 Å². The van der Waals surface area contributed by atoms with E-state index in [1.165, 1.54) is 12.1 Å². The topological polar surface area (TPSA) is 113 Å². The summed E-state index contributed by atoms with van der Waals surface area (Å²) in [6.07, 6.45) is 1.48. The summed E-state index contributed by atoms with van der Waals surface area (Å²) in [6, 6.07) is 6.82. The Labute approximate surface area is 203 Å². The molecule has 1 spiro atoms. The van der Waals surface area contributed by atoms with E-state index in [1.807, 2.05) is 4.90 Å². The van der Waals surface area contributed by atoms with Crippen LogP contribution in [0, 0.1) is 28.9 Å². The summed E-state index contributed by atoms with van der Waals surface area (Å²) in [6.45, 7) is 2.39. The van der Waals surface area contributed by atoms with E-state index < -0.39 is 34.1 Å². The Morgan fingerprint density at radius 1 is 1.12 bits per heavy atom. The number of fused-ring (bicyclic) bond motifs is 7. The third-order valence-corrected chi connectivity index (χ3v) is 8.46. The first-order valence-electron chi connectivity index (χ1n) is 10.9. The monoisotopic (exact) mass is 500 g/mol. The highest BCUT2D eigenvalue weighted by Gasteiger charge is 2.74. The van der Waals surface area contributed by atoms with Crippen LogP contribution in [-0.2, 0) is 19.9 Å². The summed E-state index contributed by atoms with van der Waals surface area (Å²) in [5.41, 5.74) is 0.443. The number of benzene rings is 2. The number of carbonyl (C=O) groups excluding carboxylic acids is 3. The summed E-state index contributed by atoms with van der Waals surface area (Å²) in [7, 11) is 0. The van der Waals surface area contributed by atoms with Gasteiger partial charge in [-0.3, -0.25) is 29.4 Å². The number of non-ortho nitro benzene ring substituents is 1. The van der Waals surface area contributed by atoms with Crippen molar-refractivity contribution in [2.75, 3.05) is 16.8 Å². The average molecular weight is 501 g/mol. The van der Waals surface area contributed by atoms with E-state index in [0.29, 0.717) is 34.8 Å². The molecule has 4 aliphatic heterocycles. The van der Waals surface area contributed by atoms with Gasteiger partial charge >= 0.3 is 0 Å². The standard InChI is InChI=1S/C23H18Cl2N4O5/c1-10-13(24)6-5-12-19(10)26-22(32)23(12)18-17(16-3-2-8-27(16)23)20(30)28(21(18)31)15-7-4-11(29(33)34)9-14(15)25/h4-7,9,16-18H,2-3,8H2,1H3,(H,26,32)/t16-,17-,18-,23+/m1/s1. The summed E-state index contributed by atoms with van der Waals surface area (Å²) < 4.78 is 0. The highest BCUT2D eigenvalue weighted by Crippen LogP contribution is 2.61. The average Bonchev–Trinajstić information content (AvgIpc) is 3.50. The van der Waals surface area contributed by atoms with Gasteiger partial charge in [0.15, 0.2) is 0 Å². The van der Waals surface area contributed by atoms with Gasteiger partial charge in [0, 0.05) is 28.8 Å². The zero-order valence-corrected chi connectivity index (χ0v) is 19.4. The molecule has 4 heterocycles. The number of amides is 3. The lowest BCUT2D eigenvalue weighted by molar-refractivity contribution is -0.384. The van der Waals surface area contributed by atoms with Crippen molar-refractivity contribution in [3.8, 4) is 0 Å². The molecule has 3 saturated heterocycles. The van der Waals surface area contributed by atoms with Gasteiger partial charge in [0.25, 0.3) is 5.69 Å². The van der Waals surface area contributed by atoms with E-state index in [2.05, 4.69) is 5.32 Å². The number of hydrogen-bond acceptors (Lipinski definition) is 6. The number of nitro benzene ring substituents is 1. The highest BCUT2D eigenvalue weighted by molar-refractivity contribution is 6.37. The van der Waals surface area contributed by atoms with E-state index in [1.54, 1.807) is 19.1 Å². The highest BCUT2D eigenvalue weighted by atomic mass is 35.5. The van der Waals surface area contributed by atoms with Crippen LogP contribution in [0.1, 0.15) is 24.0 Å². The number of nitrogens with zero attached hydrogens (tertiary/aromatic N) is 3. The number of anilines is 2. The number of imide groups is 1. The van der Waals surface area contributed by atoms with Gasteiger partial charge in [-0.2, -0.15) is 0 Å². The van der Waals surface area contributed by atoms with Crippen LogP contribution in [-0.4, -0.2) is 40.1 Å². The zero-order chi connectivity index (χ0) is 24.1. The molecule has 0 aromatic heterocycles. The lowest BCUT2D eigenvalue weighted by atomic mass is 9.75. The first-order valence-corrected chi connectivity index (χ1v) is 11.6. The van der Waals surface area contributed by atoms with Crippen molar-refractivity contribution in [2.24, 2.45) is 11.8 Å². The molecule has 0 aliphatic carbocycles. The Morgan fingerprint density at radius 3 is 2.59 bits per heavy atom. The summed E-state index contributed by atoms with van der Waals surface area (Å²) in [5, 5.41) is 14.5. The van der Waals surface area contributed by atoms with E-state index in [4.69, 9.17) is 23.2 Å². The number of nitrogens with one attached hydrogen (secondary N) is 1. The molecule has 9 nitrogen and oxygen atoms in total. The molecule has 174 valence electrons. The van der Waals surface area contributed by atoms with Gasteiger partial charge in [0.05, 0.1) is 33.2 Å². The van der Waals surface area contributed by atoms with Crippen LogP contribution in [0.5, 0.6) is 0 Å². The number of nitro groups is 1. The van der Waals surface area contributed by atoms with E-state index >= 15 is 0 Å². The Morgan fingerprint density at radius 2 is 1.88 bits per heavy atom. The second-order valence-corrected chi connectivity index (χ2v) is 9.94. The van der Waals surface area contributed by atoms with Gasteiger partial charge in [-0.25, -0.2) is 4.90 Å². The lowest BCUT2D eigenvalue weighted by Gasteiger charge is -2.36. The molecular weight excluding hydrogens is 483 g/mol. The lowest BCUT2D eigenvalue weighted by Crippen LogP contribution is -2.54. The Hall–Kier alpha value is -3.01. The van der Waals surface area contributed by atoms with Crippen molar-refractivity contribution >= 4 is 58.0 Å². The third kappa shape index (κ3) is 2.41. The van der Waals surface area contributed by atoms with E-state index in [9.17, 15) is 24.5 Å². The maximum absolute atomic E-state index is 13.9. The van der Waals surface area contributed by atoms with Gasteiger partial charge < -0.3 is 5.32 Å². The molecule has 0 saturated carbocycles. The van der Waals surface area contributed by atoms with Crippen LogP contribution in [0.2, 0.25) is 10.0 Å². The minimum absolute atomic E-state index is 0.0768. The van der Waals surface area contributed by atoms with Gasteiger partial charge in [-0.15, -0.1) is 0 Å². The molecule has 34 heavy (non-hydrogen) atoms. The minimum Gasteiger partial charge on any atom is -0.324 e. The second kappa shape index (κ2) is 7.00. The molecule has 1 N–H and O–H groups in total. The number of hydrogen-bond donors (Lipinski definition) is 1. The maximum Gasteiger partial charge on any atom is 0.271 e. The van der Waals surface area contributed by atoms with Crippen molar-refractivity contribution in [1.82, 2.24) is 4.90 Å². The van der Waals surface area contributed by atoms with Gasteiger partial charge in [-0.05, 0) is 44.0 Å². The van der Waals surface area contributed by atoms with Crippen LogP contribution in [0.25, 0.3) is 0 Å². The van der Waals surface area contributed by atoms with Crippen molar-refractivity contribution in [3.05, 3.63) is 61.6 Å². The fourth-order valence-corrected chi connectivity index (χ4v) is 6.84. The van der Waals surface area contributed by atoms with Crippen LogP contribution in [0.15, 0.2) is 30.3 Å². The molecule has 0 bridgehead atoms. The molecular formula is C23H18Cl2N4O5. The smallest absolute Gasteiger partial charge is 0.271 e. The van der Waals surface area contributed by atoms with Crippen molar-refractivity contribution < 1.29 is 19.3 Å². The van der Waals surface area contributed by atoms with Gasteiger partial charge in [-0.1, -0.05) is 29.3 Å². The number of halogens is 2. The Kier molecular flexibility index (Phi) is 4.43.